The molecule has 8 nitrogen and oxygen atoms in total. The van der Waals surface area contributed by atoms with E-state index < -0.39 is 18.0 Å². The topological polar surface area (TPSA) is 82.9 Å². The standard InChI is InChI=1S/C20H21N3O5/c1-15(16-6-4-3-5-7-16)23-14-21-12-17(23)20(25)28-13-18(19(24)26-2)22-8-10-27-11-9-22/h3-12,14-15,18H,13H2,1-2H3/t15-,18?/m1/s1. The quantitative estimate of drug-likeness (QED) is 0.679. The predicted octanol–water partition coefficient (Wildman–Crippen LogP) is 2.47. The predicted molar refractivity (Wildman–Crippen MR) is 99.8 cm³/mol. The van der Waals surface area contributed by atoms with E-state index in [0.29, 0.717) is 5.69 Å². The number of carbonyl (C=O) groups is 2. The number of nitrogens with zero attached hydrogens (tertiary/aromatic N) is 3. The summed E-state index contributed by atoms with van der Waals surface area (Å²) in [6.07, 6.45) is 8.96. The molecular formula is C20H21N3O5. The molecule has 1 aliphatic rings. The Labute approximate surface area is 162 Å². The summed E-state index contributed by atoms with van der Waals surface area (Å²) in [6, 6.07) is 8.83. The largest absolute Gasteiger partial charge is 0.470 e. The van der Waals surface area contributed by atoms with Gasteiger partial charge < -0.3 is 23.7 Å². The highest BCUT2D eigenvalue weighted by Crippen LogP contribution is 2.20. The van der Waals surface area contributed by atoms with Crippen LogP contribution in [0.4, 0.5) is 0 Å². The van der Waals surface area contributed by atoms with Crippen LogP contribution in [-0.4, -0.2) is 46.1 Å². The van der Waals surface area contributed by atoms with Crippen LogP contribution >= 0.6 is 0 Å². The van der Waals surface area contributed by atoms with E-state index in [2.05, 4.69) is 4.98 Å². The van der Waals surface area contributed by atoms with Gasteiger partial charge in [-0.2, -0.15) is 0 Å². The van der Waals surface area contributed by atoms with Gasteiger partial charge in [-0.3, -0.25) is 0 Å². The molecule has 2 atom stereocenters. The lowest BCUT2D eigenvalue weighted by atomic mass is 10.1. The number of esters is 2. The molecule has 1 aromatic heterocycles. The molecular weight excluding hydrogens is 362 g/mol. The lowest BCUT2D eigenvalue weighted by molar-refractivity contribution is -0.146. The number of hydrogen-bond donors (Lipinski definition) is 0. The third-order valence-corrected chi connectivity index (χ3v) is 4.40. The van der Waals surface area contributed by atoms with Gasteiger partial charge in [-0.15, -0.1) is 0 Å². The van der Waals surface area contributed by atoms with Crippen LogP contribution in [0.2, 0.25) is 0 Å². The summed E-state index contributed by atoms with van der Waals surface area (Å²) in [6.45, 7) is 1.78. The molecule has 0 bridgehead atoms. The highest BCUT2D eigenvalue weighted by molar-refractivity contribution is 5.88. The summed E-state index contributed by atoms with van der Waals surface area (Å²) in [7, 11) is 1.28. The molecule has 0 amide bonds. The summed E-state index contributed by atoms with van der Waals surface area (Å²) >= 11 is 0. The number of carbonyl (C=O) groups excluding carboxylic acids is 2. The first-order valence-corrected chi connectivity index (χ1v) is 8.69. The fraction of sp³-hybridized carbons (Fsp3) is 0.250. The first kappa shape index (κ1) is 19.2. The monoisotopic (exact) mass is 383 g/mol. The van der Waals surface area contributed by atoms with Crippen LogP contribution in [0.3, 0.4) is 0 Å². The van der Waals surface area contributed by atoms with Gasteiger partial charge in [0.15, 0.2) is 6.04 Å². The summed E-state index contributed by atoms with van der Waals surface area (Å²) < 4.78 is 16.9. The molecule has 0 saturated heterocycles. The third-order valence-electron chi connectivity index (χ3n) is 4.40. The second kappa shape index (κ2) is 8.90. The van der Waals surface area contributed by atoms with E-state index in [-0.39, 0.29) is 12.6 Å². The van der Waals surface area contributed by atoms with Crippen molar-refractivity contribution in [3.05, 3.63) is 79.0 Å². The van der Waals surface area contributed by atoms with E-state index in [1.165, 1.54) is 25.8 Å². The molecule has 1 aromatic carbocycles. The molecule has 8 heteroatoms. The number of methoxy groups -OCH3 is 1. The van der Waals surface area contributed by atoms with Crippen molar-refractivity contribution in [2.75, 3.05) is 13.7 Å². The number of aromatic nitrogens is 2. The van der Waals surface area contributed by atoms with Gasteiger partial charge >= 0.3 is 11.9 Å². The fourth-order valence-electron chi connectivity index (χ4n) is 2.82. The zero-order valence-corrected chi connectivity index (χ0v) is 15.6. The first-order chi connectivity index (χ1) is 13.6. The van der Waals surface area contributed by atoms with E-state index >= 15 is 0 Å². The zero-order valence-electron chi connectivity index (χ0n) is 15.6. The Bertz CT molecular complexity index is 863. The van der Waals surface area contributed by atoms with Crippen molar-refractivity contribution in [2.45, 2.75) is 19.0 Å². The minimum Gasteiger partial charge on any atom is -0.470 e. The maximum Gasteiger partial charge on any atom is 0.356 e. The zero-order chi connectivity index (χ0) is 19.9. The van der Waals surface area contributed by atoms with Gasteiger partial charge in [0.05, 0.1) is 25.7 Å². The van der Waals surface area contributed by atoms with Crippen LogP contribution in [0.25, 0.3) is 0 Å². The van der Waals surface area contributed by atoms with Gasteiger partial charge in [0.1, 0.15) is 24.8 Å². The number of imidazole rings is 1. The Kier molecular flexibility index (Phi) is 6.11. The molecule has 0 radical (unpaired) electrons. The Morgan fingerprint density at radius 1 is 1.18 bits per heavy atom. The Morgan fingerprint density at radius 3 is 2.57 bits per heavy atom. The smallest absolute Gasteiger partial charge is 0.356 e. The van der Waals surface area contributed by atoms with Gasteiger partial charge in [0.25, 0.3) is 0 Å². The van der Waals surface area contributed by atoms with Gasteiger partial charge in [-0.1, -0.05) is 30.3 Å². The molecule has 1 aliphatic heterocycles. The van der Waals surface area contributed by atoms with Crippen molar-refractivity contribution >= 4 is 11.9 Å². The summed E-state index contributed by atoms with van der Waals surface area (Å²) in [5.41, 5.74) is 1.33. The highest BCUT2D eigenvalue weighted by atomic mass is 16.5. The molecule has 0 spiro atoms. The Morgan fingerprint density at radius 2 is 1.89 bits per heavy atom. The lowest BCUT2D eigenvalue weighted by Gasteiger charge is -2.26. The first-order valence-electron chi connectivity index (χ1n) is 8.69. The Balaban J connectivity index is 1.72. The van der Waals surface area contributed by atoms with Crippen molar-refractivity contribution in [3.8, 4) is 0 Å². The average molecular weight is 383 g/mol. The number of hydrogen-bond acceptors (Lipinski definition) is 7. The third kappa shape index (κ3) is 4.22. The fourth-order valence-corrected chi connectivity index (χ4v) is 2.82. The van der Waals surface area contributed by atoms with Crippen LogP contribution in [0.1, 0.15) is 29.0 Å². The number of benzene rings is 1. The molecule has 28 heavy (non-hydrogen) atoms. The molecule has 3 rings (SSSR count). The summed E-state index contributed by atoms with van der Waals surface area (Å²) in [5.74, 6) is -1.11. The van der Waals surface area contributed by atoms with Crippen molar-refractivity contribution in [2.24, 2.45) is 0 Å². The van der Waals surface area contributed by atoms with E-state index in [1.54, 1.807) is 28.2 Å². The summed E-state index contributed by atoms with van der Waals surface area (Å²) in [4.78, 5) is 30.4. The molecule has 0 aliphatic carbocycles. The van der Waals surface area contributed by atoms with Gasteiger partial charge in [-0.05, 0) is 12.5 Å². The van der Waals surface area contributed by atoms with E-state index in [1.807, 2.05) is 37.3 Å². The molecule has 0 saturated carbocycles. The van der Waals surface area contributed by atoms with Crippen LogP contribution < -0.4 is 0 Å². The number of rotatable bonds is 7. The maximum absolute atomic E-state index is 12.6. The average Bonchev–Trinajstić information content (AvgIpc) is 3.24. The van der Waals surface area contributed by atoms with E-state index in [9.17, 15) is 9.59 Å². The maximum atomic E-state index is 12.6. The molecule has 0 fully saturated rings. The van der Waals surface area contributed by atoms with E-state index in [0.717, 1.165) is 5.56 Å². The number of ether oxygens (including phenoxy) is 3. The van der Waals surface area contributed by atoms with Crippen molar-refractivity contribution < 1.29 is 23.8 Å². The molecule has 2 aromatic rings. The lowest BCUT2D eigenvalue weighted by Crippen LogP contribution is -2.40. The highest BCUT2D eigenvalue weighted by Gasteiger charge is 2.27. The SMILES string of the molecule is COC(=O)C(COC(=O)c1cncn1[C@H](C)c1ccccc1)N1C=COC=C1. The van der Waals surface area contributed by atoms with Gasteiger partial charge in [0.2, 0.25) is 0 Å². The molecule has 1 unspecified atom stereocenters. The van der Waals surface area contributed by atoms with Gasteiger partial charge in [0, 0.05) is 12.4 Å². The molecule has 2 heterocycles. The minimum atomic E-state index is -0.826. The minimum absolute atomic E-state index is 0.104. The summed E-state index contributed by atoms with van der Waals surface area (Å²) in [5, 5.41) is 0. The molecule has 146 valence electrons. The second-order valence-corrected chi connectivity index (χ2v) is 6.06. The van der Waals surface area contributed by atoms with Gasteiger partial charge in [-0.25, -0.2) is 14.6 Å². The Hall–Kier alpha value is -3.55. The van der Waals surface area contributed by atoms with Crippen molar-refractivity contribution in [1.29, 1.82) is 0 Å². The van der Waals surface area contributed by atoms with Crippen molar-refractivity contribution in [1.82, 2.24) is 14.5 Å². The van der Waals surface area contributed by atoms with Crippen LogP contribution in [0.15, 0.2) is 67.8 Å². The van der Waals surface area contributed by atoms with Crippen LogP contribution in [0, 0.1) is 0 Å². The van der Waals surface area contributed by atoms with Crippen molar-refractivity contribution in [3.63, 3.8) is 0 Å². The van der Waals surface area contributed by atoms with Crippen LogP contribution in [0.5, 0.6) is 0 Å². The second-order valence-electron chi connectivity index (χ2n) is 6.06. The normalized spacial score (nSPS) is 14.9. The van der Waals surface area contributed by atoms with E-state index in [4.69, 9.17) is 14.2 Å². The molecule has 0 N–H and O–H groups in total. The van der Waals surface area contributed by atoms with Crippen LogP contribution in [-0.2, 0) is 19.0 Å².